The summed E-state index contributed by atoms with van der Waals surface area (Å²) in [5, 5.41) is 0. The molecule has 0 fully saturated rings. The zero-order valence-electron chi connectivity index (χ0n) is 9.21. The third-order valence-corrected chi connectivity index (χ3v) is 2.93. The summed E-state index contributed by atoms with van der Waals surface area (Å²) < 4.78 is 19.7. The van der Waals surface area contributed by atoms with Gasteiger partial charge >= 0.3 is 0 Å². The fourth-order valence-corrected chi connectivity index (χ4v) is 2.01. The predicted molar refractivity (Wildman–Crippen MR) is 66.7 cm³/mol. The van der Waals surface area contributed by atoms with Crippen LogP contribution in [-0.4, -0.2) is 0 Å². The number of hydrogen-bond donors (Lipinski definition) is 2. The molecule has 0 aliphatic carbocycles. The molecule has 0 radical (unpaired) electrons. The van der Waals surface area contributed by atoms with Gasteiger partial charge in [0.05, 0.1) is 0 Å². The maximum absolute atomic E-state index is 13.8. The fourth-order valence-electron chi connectivity index (χ4n) is 1.69. The number of nitrogens with two attached hydrogens (primary N) is 1. The van der Waals surface area contributed by atoms with Gasteiger partial charge in [-0.25, -0.2) is 9.82 Å². The Labute approximate surface area is 107 Å². The van der Waals surface area contributed by atoms with Crippen molar-refractivity contribution in [1.82, 2.24) is 5.43 Å². The highest BCUT2D eigenvalue weighted by atomic mass is 79.9. The minimum absolute atomic E-state index is 0.314. The van der Waals surface area contributed by atoms with Crippen molar-refractivity contribution in [2.24, 2.45) is 5.84 Å². The Morgan fingerprint density at radius 1 is 1.35 bits per heavy atom. The van der Waals surface area contributed by atoms with Crippen molar-refractivity contribution < 1.29 is 8.81 Å². The number of rotatable bonds is 3. The molecule has 0 aliphatic heterocycles. The summed E-state index contributed by atoms with van der Waals surface area (Å²) in [5.41, 5.74) is 3.99. The molecule has 0 aliphatic rings. The Bertz CT molecular complexity index is 527. The lowest BCUT2D eigenvalue weighted by Crippen LogP contribution is -2.29. The Kier molecular flexibility index (Phi) is 3.61. The van der Waals surface area contributed by atoms with Crippen LogP contribution in [0.4, 0.5) is 4.39 Å². The number of hydrazine groups is 1. The molecule has 0 amide bonds. The molecule has 2 rings (SSSR count). The first-order valence-corrected chi connectivity index (χ1v) is 5.88. The van der Waals surface area contributed by atoms with Crippen LogP contribution < -0.4 is 11.3 Å². The first-order chi connectivity index (χ1) is 8.11. The second kappa shape index (κ2) is 5.00. The quantitative estimate of drug-likeness (QED) is 0.676. The van der Waals surface area contributed by atoms with Crippen LogP contribution in [0.5, 0.6) is 0 Å². The first kappa shape index (κ1) is 12.3. The van der Waals surface area contributed by atoms with E-state index in [1.54, 1.807) is 24.3 Å². The number of aryl methyl sites for hydroxylation is 1. The van der Waals surface area contributed by atoms with Gasteiger partial charge in [0.25, 0.3) is 0 Å². The third kappa shape index (κ3) is 2.57. The van der Waals surface area contributed by atoms with Crippen LogP contribution >= 0.6 is 15.9 Å². The first-order valence-electron chi connectivity index (χ1n) is 5.09. The summed E-state index contributed by atoms with van der Waals surface area (Å²) in [6.45, 7) is 1.90. The molecule has 3 nitrogen and oxygen atoms in total. The summed E-state index contributed by atoms with van der Waals surface area (Å²) in [4.78, 5) is 0. The minimum Gasteiger partial charge on any atom is -0.452 e. The van der Waals surface area contributed by atoms with Crippen molar-refractivity contribution in [3.05, 3.63) is 57.7 Å². The largest absolute Gasteiger partial charge is 0.452 e. The topological polar surface area (TPSA) is 51.2 Å². The summed E-state index contributed by atoms with van der Waals surface area (Å²) in [6, 6.07) is 7.87. The van der Waals surface area contributed by atoms with Gasteiger partial charge in [-0.05, 0) is 41.1 Å². The Morgan fingerprint density at radius 2 is 2.12 bits per heavy atom. The van der Waals surface area contributed by atoms with Crippen molar-refractivity contribution in [2.75, 3.05) is 0 Å². The van der Waals surface area contributed by atoms with Crippen LogP contribution in [0.3, 0.4) is 0 Å². The van der Waals surface area contributed by atoms with E-state index in [9.17, 15) is 4.39 Å². The van der Waals surface area contributed by atoms with Gasteiger partial charge in [0.1, 0.15) is 17.6 Å². The third-order valence-electron chi connectivity index (χ3n) is 2.51. The van der Waals surface area contributed by atoms with Crippen molar-refractivity contribution >= 4 is 15.9 Å². The molecule has 1 aromatic carbocycles. The van der Waals surface area contributed by atoms with Gasteiger partial charge in [-0.1, -0.05) is 17.7 Å². The van der Waals surface area contributed by atoms with Crippen LogP contribution in [-0.2, 0) is 0 Å². The van der Waals surface area contributed by atoms with E-state index in [1.165, 1.54) is 6.07 Å². The Balaban J connectivity index is 2.45. The van der Waals surface area contributed by atoms with E-state index >= 15 is 0 Å². The van der Waals surface area contributed by atoms with Crippen LogP contribution in [0.25, 0.3) is 0 Å². The van der Waals surface area contributed by atoms with Crippen LogP contribution in [0, 0.1) is 12.7 Å². The monoisotopic (exact) mass is 298 g/mol. The molecule has 1 aromatic heterocycles. The van der Waals surface area contributed by atoms with Crippen molar-refractivity contribution in [3.63, 3.8) is 0 Å². The van der Waals surface area contributed by atoms with Gasteiger partial charge in [-0.2, -0.15) is 0 Å². The zero-order chi connectivity index (χ0) is 12.4. The molecule has 5 heteroatoms. The molecule has 1 unspecified atom stereocenters. The lowest BCUT2D eigenvalue weighted by molar-refractivity contribution is 0.428. The van der Waals surface area contributed by atoms with E-state index in [4.69, 9.17) is 10.3 Å². The maximum atomic E-state index is 13.8. The highest BCUT2D eigenvalue weighted by molar-refractivity contribution is 9.10. The summed E-state index contributed by atoms with van der Waals surface area (Å²) in [5.74, 6) is 5.72. The normalized spacial score (nSPS) is 12.7. The highest BCUT2D eigenvalue weighted by Gasteiger charge is 2.19. The summed E-state index contributed by atoms with van der Waals surface area (Å²) >= 11 is 3.21. The minimum atomic E-state index is -0.499. The lowest BCUT2D eigenvalue weighted by Gasteiger charge is -2.15. The molecule has 3 N–H and O–H groups in total. The standard InChI is InChI=1S/C12H12BrFN2O/c1-7-2-3-9(14)8(6-7)12(16-15)10-4-5-11(13)17-10/h2-6,12,16H,15H2,1H3. The van der Waals surface area contributed by atoms with Gasteiger partial charge in [-0.15, -0.1) is 0 Å². The molecule has 0 spiro atoms. The maximum Gasteiger partial charge on any atom is 0.169 e. The van der Waals surface area contributed by atoms with E-state index in [0.29, 0.717) is 16.0 Å². The van der Waals surface area contributed by atoms with E-state index in [2.05, 4.69) is 21.4 Å². The van der Waals surface area contributed by atoms with E-state index in [1.807, 2.05) is 6.92 Å². The number of benzene rings is 1. The van der Waals surface area contributed by atoms with Crippen LogP contribution in [0.1, 0.15) is 22.9 Å². The Morgan fingerprint density at radius 3 is 2.71 bits per heavy atom. The highest BCUT2D eigenvalue weighted by Crippen LogP contribution is 2.27. The number of nitrogens with one attached hydrogen (secondary N) is 1. The number of hydrogen-bond acceptors (Lipinski definition) is 3. The lowest BCUT2D eigenvalue weighted by atomic mass is 10.0. The second-order valence-corrected chi connectivity index (χ2v) is 4.55. The molecule has 17 heavy (non-hydrogen) atoms. The average Bonchev–Trinajstić information content (AvgIpc) is 2.71. The molecule has 1 atom stereocenters. The van der Waals surface area contributed by atoms with Gasteiger partial charge < -0.3 is 4.42 Å². The van der Waals surface area contributed by atoms with E-state index in [-0.39, 0.29) is 5.82 Å². The molecule has 0 bridgehead atoms. The van der Waals surface area contributed by atoms with E-state index in [0.717, 1.165) is 5.56 Å². The summed E-state index contributed by atoms with van der Waals surface area (Å²) in [6.07, 6.45) is 0. The van der Waals surface area contributed by atoms with Gasteiger partial charge in [0, 0.05) is 5.56 Å². The summed E-state index contributed by atoms with van der Waals surface area (Å²) in [7, 11) is 0. The molecular weight excluding hydrogens is 287 g/mol. The van der Waals surface area contributed by atoms with Gasteiger partial charge in [-0.3, -0.25) is 5.84 Å². The van der Waals surface area contributed by atoms with Crippen molar-refractivity contribution in [1.29, 1.82) is 0 Å². The zero-order valence-corrected chi connectivity index (χ0v) is 10.8. The van der Waals surface area contributed by atoms with Crippen molar-refractivity contribution in [2.45, 2.75) is 13.0 Å². The van der Waals surface area contributed by atoms with Crippen LogP contribution in [0.2, 0.25) is 0 Å². The smallest absolute Gasteiger partial charge is 0.169 e. The van der Waals surface area contributed by atoms with Gasteiger partial charge in [0.15, 0.2) is 4.67 Å². The number of furan rings is 1. The van der Waals surface area contributed by atoms with E-state index < -0.39 is 6.04 Å². The fraction of sp³-hybridized carbons (Fsp3) is 0.167. The predicted octanol–water partition coefficient (Wildman–Crippen LogP) is 3.04. The molecule has 90 valence electrons. The molecule has 2 aromatic rings. The van der Waals surface area contributed by atoms with Crippen LogP contribution in [0.15, 0.2) is 39.4 Å². The average molecular weight is 299 g/mol. The molecule has 1 heterocycles. The second-order valence-electron chi connectivity index (χ2n) is 3.77. The molecule has 0 saturated carbocycles. The van der Waals surface area contributed by atoms with Crippen molar-refractivity contribution in [3.8, 4) is 0 Å². The molecular formula is C12H12BrFN2O. The SMILES string of the molecule is Cc1ccc(F)c(C(NN)c2ccc(Br)o2)c1. The molecule has 0 saturated heterocycles. The van der Waals surface area contributed by atoms with Gasteiger partial charge in [0.2, 0.25) is 0 Å². The Hall–Kier alpha value is -1.17. The number of halogens is 2.